The lowest BCUT2D eigenvalue weighted by Gasteiger charge is -2.00. The number of aliphatic hydroxyl groups is 1. The Morgan fingerprint density at radius 2 is 1.39 bits per heavy atom. The van der Waals surface area contributed by atoms with E-state index in [-0.39, 0.29) is 6.79 Å². The first-order chi connectivity index (χ1) is 8.78. The topological polar surface area (TPSA) is 54.2 Å². The molecule has 0 aliphatic rings. The molecule has 0 heterocycles. The molecule has 0 fully saturated rings. The van der Waals surface area contributed by atoms with Gasteiger partial charge in [-0.25, -0.2) is 0 Å². The summed E-state index contributed by atoms with van der Waals surface area (Å²) in [5, 5.41) is 16.8. The largest absolute Gasteiger partial charge is 0.468 e. The van der Waals surface area contributed by atoms with Crippen molar-refractivity contribution in [3.63, 3.8) is 0 Å². The van der Waals surface area contributed by atoms with Crippen molar-refractivity contribution >= 4 is 11.4 Å². The lowest BCUT2D eigenvalue weighted by molar-refractivity contribution is 0.0985. The van der Waals surface area contributed by atoms with Crippen molar-refractivity contribution < 1.29 is 9.84 Å². The lowest BCUT2D eigenvalue weighted by Crippen LogP contribution is -1.93. The molecule has 2 rings (SSSR count). The van der Waals surface area contributed by atoms with Gasteiger partial charge >= 0.3 is 0 Å². The molecule has 2 aromatic carbocycles. The Balaban J connectivity index is 2.06. The molecule has 0 radical (unpaired) electrons. The van der Waals surface area contributed by atoms with Crippen LogP contribution in [0.25, 0.3) is 0 Å². The molecule has 18 heavy (non-hydrogen) atoms. The first-order valence-electron chi connectivity index (χ1n) is 5.60. The van der Waals surface area contributed by atoms with Gasteiger partial charge in [0.2, 0.25) is 0 Å². The van der Waals surface area contributed by atoms with E-state index in [4.69, 9.17) is 9.84 Å². The maximum atomic E-state index is 8.60. The summed E-state index contributed by atoms with van der Waals surface area (Å²) < 4.78 is 4.92. The number of rotatable bonds is 4. The first kappa shape index (κ1) is 12.3. The SMILES string of the molecule is Cc1ccc(N=Nc2ccc(OCO)cc2)cc1. The third-order valence-corrected chi connectivity index (χ3v) is 2.38. The second-order valence-corrected chi connectivity index (χ2v) is 3.80. The maximum absolute atomic E-state index is 8.60. The molecule has 0 saturated carbocycles. The quantitative estimate of drug-likeness (QED) is 0.656. The summed E-state index contributed by atoms with van der Waals surface area (Å²) in [5.74, 6) is 0.604. The number of azo groups is 1. The van der Waals surface area contributed by atoms with E-state index in [9.17, 15) is 0 Å². The third-order valence-electron chi connectivity index (χ3n) is 2.38. The van der Waals surface area contributed by atoms with Gasteiger partial charge in [-0.05, 0) is 43.3 Å². The Labute approximate surface area is 106 Å². The molecule has 0 saturated heterocycles. The Morgan fingerprint density at radius 3 is 1.89 bits per heavy atom. The van der Waals surface area contributed by atoms with E-state index in [1.54, 1.807) is 24.3 Å². The van der Waals surface area contributed by atoms with Crippen LogP contribution < -0.4 is 4.74 Å². The van der Waals surface area contributed by atoms with Crippen molar-refractivity contribution in [2.45, 2.75) is 6.92 Å². The molecule has 4 nitrogen and oxygen atoms in total. The zero-order valence-corrected chi connectivity index (χ0v) is 10.1. The number of ether oxygens (including phenoxy) is 1. The van der Waals surface area contributed by atoms with E-state index in [1.807, 2.05) is 31.2 Å². The number of hydrogen-bond donors (Lipinski definition) is 1. The molecule has 2 aromatic rings. The zero-order chi connectivity index (χ0) is 12.8. The van der Waals surface area contributed by atoms with Gasteiger partial charge in [0, 0.05) is 0 Å². The summed E-state index contributed by atoms with van der Waals surface area (Å²) in [6.45, 7) is 1.70. The number of nitrogens with zero attached hydrogens (tertiary/aromatic N) is 2. The van der Waals surface area contributed by atoms with Gasteiger partial charge in [0.05, 0.1) is 11.4 Å². The van der Waals surface area contributed by atoms with Crippen LogP contribution in [0.1, 0.15) is 5.56 Å². The van der Waals surface area contributed by atoms with Gasteiger partial charge in [0.1, 0.15) is 5.75 Å². The summed E-state index contributed by atoms with van der Waals surface area (Å²) in [4.78, 5) is 0. The summed E-state index contributed by atoms with van der Waals surface area (Å²) in [7, 11) is 0. The van der Waals surface area contributed by atoms with Crippen LogP contribution in [-0.2, 0) is 0 Å². The molecular formula is C14H14N2O2. The van der Waals surface area contributed by atoms with Crippen LogP contribution in [0.3, 0.4) is 0 Å². The Morgan fingerprint density at radius 1 is 0.889 bits per heavy atom. The Bertz CT molecular complexity index is 518. The fourth-order valence-corrected chi connectivity index (χ4v) is 1.41. The van der Waals surface area contributed by atoms with Crippen molar-refractivity contribution in [3.05, 3.63) is 54.1 Å². The highest BCUT2D eigenvalue weighted by molar-refractivity contribution is 5.43. The fourth-order valence-electron chi connectivity index (χ4n) is 1.41. The predicted molar refractivity (Wildman–Crippen MR) is 69.5 cm³/mol. The summed E-state index contributed by atoms with van der Waals surface area (Å²) in [6, 6.07) is 14.9. The summed E-state index contributed by atoms with van der Waals surface area (Å²) in [5.41, 5.74) is 2.75. The van der Waals surface area contributed by atoms with Crippen molar-refractivity contribution in [2.24, 2.45) is 10.2 Å². The van der Waals surface area contributed by atoms with Crippen LogP contribution in [0.4, 0.5) is 11.4 Å². The molecule has 0 spiro atoms. The molecule has 0 aromatic heterocycles. The van der Waals surface area contributed by atoms with E-state index in [0.717, 1.165) is 11.4 Å². The van der Waals surface area contributed by atoms with Crippen molar-refractivity contribution in [3.8, 4) is 5.75 Å². The first-order valence-corrected chi connectivity index (χ1v) is 5.60. The van der Waals surface area contributed by atoms with Crippen molar-refractivity contribution in [1.82, 2.24) is 0 Å². The highest BCUT2D eigenvalue weighted by Crippen LogP contribution is 2.21. The molecule has 0 unspecified atom stereocenters. The lowest BCUT2D eigenvalue weighted by atomic mass is 10.2. The number of aliphatic hydroxyl groups excluding tert-OH is 1. The van der Waals surface area contributed by atoms with Gasteiger partial charge < -0.3 is 9.84 Å². The van der Waals surface area contributed by atoms with E-state index in [1.165, 1.54) is 5.56 Å². The van der Waals surface area contributed by atoms with E-state index in [2.05, 4.69) is 10.2 Å². The van der Waals surface area contributed by atoms with Crippen LogP contribution in [0.5, 0.6) is 5.75 Å². The smallest absolute Gasteiger partial charge is 0.186 e. The van der Waals surface area contributed by atoms with Gasteiger partial charge in [0.25, 0.3) is 0 Å². The molecule has 0 amide bonds. The Hall–Kier alpha value is -2.20. The van der Waals surface area contributed by atoms with Gasteiger partial charge in [0.15, 0.2) is 6.79 Å². The van der Waals surface area contributed by atoms with Crippen LogP contribution in [0, 0.1) is 6.92 Å². The fraction of sp³-hybridized carbons (Fsp3) is 0.143. The molecule has 4 heteroatoms. The van der Waals surface area contributed by atoms with Crippen LogP contribution in [-0.4, -0.2) is 11.9 Å². The minimum absolute atomic E-state index is 0.329. The van der Waals surface area contributed by atoms with Crippen LogP contribution in [0.2, 0.25) is 0 Å². The third kappa shape index (κ3) is 3.40. The number of benzene rings is 2. The average Bonchev–Trinajstić information content (AvgIpc) is 2.40. The molecule has 0 aliphatic carbocycles. The van der Waals surface area contributed by atoms with Gasteiger partial charge in [-0.1, -0.05) is 17.7 Å². The molecule has 0 aliphatic heterocycles. The minimum Gasteiger partial charge on any atom is -0.468 e. The molecule has 0 atom stereocenters. The standard InChI is InChI=1S/C14H14N2O2/c1-11-2-4-12(5-3-11)15-16-13-6-8-14(9-7-13)18-10-17/h2-9,17H,10H2,1H3. The second-order valence-electron chi connectivity index (χ2n) is 3.80. The van der Waals surface area contributed by atoms with Crippen LogP contribution >= 0.6 is 0 Å². The number of hydrogen-bond acceptors (Lipinski definition) is 4. The van der Waals surface area contributed by atoms with E-state index >= 15 is 0 Å². The monoisotopic (exact) mass is 242 g/mol. The zero-order valence-electron chi connectivity index (χ0n) is 10.1. The Kier molecular flexibility index (Phi) is 4.04. The number of aryl methyl sites for hydroxylation is 1. The van der Waals surface area contributed by atoms with Gasteiger partial charge in [-0.2, -0.15) is 10.2 Å². The van der Waals surface area contributed by atoms with E-state index in [0.29, 0.717) is 5.75 Å². The average molecular weight is 242 g/mol. The van der Waals surface area contributed by atoms with Crippen LogP contribution in [0.15, 0.2) is 58.8 Å². The summed E-state index contributed by atoms with van der Waals surface area (Å²) in [6.07, 6.45) is 0. The molecular weight excluding hydrogens is 228 g/mol. The highest BCUT2D eigenvalue weighted by atomic mass is 16.6. The molecule has 0 bridgehead atoms. The predicted octanol–water partition coefficient (Wildman–Crippen LogP) is 3.74. The van der Waals surface area contributed by atoms with E-state index < -0.39 is 0 Å². The van der Waals surface area contributed by atoms with Crippen molar-refractivity contribution in [1.29, 1.82) is 0 Å². The van der Waals surface area contributed by atoms with Crippen molar-refractivity contribution in [2.75, 3.05) is 6.79 Å². The minimum atomic E-state index is -0.329. The molecule has 1 N–H and O–H groups in total. The van der Waals surface area contributed by atoms with Gasteiger partial charge in [-0.15, -0.1) is 0 Å². The molecule has 92 valence electrons. The van der Waals surface area contributed by atoms with Gasteiger partial charge in [-0.3, -0.25) is 0 Å². The highest BCUT2D eigenvalue weighted by Gasteiger charge is 1.94. The summed E-state index contributed by atoms with van der Waals surface area (Å²) >= 11 is 0. The maximum Gasteiger partial charge on any atom is 0.186 e. The normalized spacial score (nSPS) is 10.8. The second kappa shape index (κ2) is 5.93.